The number of carbonyl (C=O) groups excluding carboxylic acids is 1. The van der Waals surface area contributed by atoms with Crippen LogP contribution >= 0.6 is 0 Å². The number of fused-ring (bicyclic) bond motifs is 1. The summed E-state index contributed by atoms with van der Waals surface area (Å²) in [5, 5.41) is 12.3. The zero-order chi connectivity index (χ0) is 16.5. The predicted octanol–water partition coefficient (Wildman–Crippen LogP) is 1.43. The zero-order valence-corrected chi connectivity index (χ0v) is 13.3. The highest BCUT2D eigenvalue weighted by atomic mass is 19.1. The maximum atomic E-state index is 13.4. The Morgan fingerprint density at radius 1 is 1.21 bits per heavy atom. The molecule has 0 radical (unpaired) electrons. The lowest BCUT2D eigenvalue weighted by molar-refractivity contribution is -0.136. The summed E-state index contributed by atoms with van der Waals surface area (Å²) >= 11 is 0. The number of nitrogens with zero attached hydrogens (tertiary/aromatic N) is 6. The molecule has 2 aromatic heterocycles. The van der Waals surface area contributed by atoms with Crippen LogP contribution in [0.25, 0.3) is 5.65 Å². The van der Waals surface area contributed by atoms with E-state index in [4.69, 9.17) is 0 Å². The van der Waals surface area contributed by atoms with E-state index >= 15 is 0 Å². The maximum Gasteiger partial charge on any atom is 0.226 e. The van der Waals surface area contributed by atoms with Crippen molar-refractivity contribution in [3.63, 3.8) is 0 Å². The van der Waals surface area contributed by atoms with E-state index in [0.29, 0.717) is 18.6 Å². The average Bonchev–Trinajstić information content (AvgIpc) is 3.09. The summed E-state index contributed by atoms with van der Waals surface area (Å²) in [7, 11) is 0. The minimum atomic E-state index is -0.196. The summed E-state index contributed by atoms with van der Waals surface area (Å²) in [6.45, 7) is 2.29. The van der Waals surface area contributed by atoms with Crippen LogP contribution in [0.1, 0.15) is 19.3 Å². The van der Waals surface area contributed by atoms with Crippen molar-refractivity contribution in [3.8, 4) is 0 Å². The van der Waals surface area contributed by atoms with Crippen LogP contribution < -0.4 is 4.90 Å². The highest BCUT2D eigenvalue weighted by Crippen LogP contribution is 2.25. The molecule has 0 saturated carbocycles. The van der Waals surface area contributed by atoms with Crippen molar-refractivity contribution < 1.29 is 9.18 Å². The van der Waals surface area contributed by atoms with Gasteiger partial charge in [-0.3, -0.25) is 4.79 Å². The summed E-state index contributed by atoms with van der Waals surface area (Å²) in [5.41, 5.74) is 0.712. The smallest absolute Gasteiger partial charge is 0.226 e. The number of piperidine rings is 1. The Kier molecular flexibility index (Phi) is 3.87. The van der Waals surface area contributed by atoms with Gasteiger partial charge in [0.15, 0.2) is 5.65 Å². The minimum absolute atomic E-state index is 0.0224. The molecule has 2 aromatic rings. The topological polar surface area (TPSA) is 66.6 Å². The number of hydrogen-bond acceptors (Lipinski definition) is 5. The SMILES string of the molecule is O=C(C1CCN(c2ccc3nncn3n2)CC1)N1CCC=C(F)C1. The van der Waals surface area contributed by atoms with Gasteiger partial charge in [0.05, 0.1) is 6.54 Å². The number of anilines is 1. The van der Waals surface area contributed by atoms with Gasteiger partial charge in [0.25, 0.3) is 0 Å². The minimum Gasteiger partial charge on any atom is -0.355 e. The number of rotatable bonds is 2. The van der Waals surface area contributed by atoms with Gasteiger partial charge >= 0.3 is 0 Å². The van der Waals surface area contributed by atoms with Crippen molar-refractivity contribution in [1.82, 2.24) is 24.7 Å². The Morgan fingerprint density at radius 2 is 2.04 bits per heavy atom. The van der Waals surface area contributed by atoms with Gasteiger partial charge in [-0.25, -0.2) is 4.39 Å². The molecule has 4 rings (SSSR count). The summed E-state index contributed by atoms with van der Waals surface area (Å²) in [6, 6.07) is 3.81. The van der Waals surface area contributed by atoms with Gasteiger partial charge in [0, 0.05) is 25.6 Å². The second-order valence-electron chi connectivity index (χ2n) is 6.29. The molecule has 0 bridgehead atoms. The average molecular weight is 330 g/mol. The number of halogens is 1. The number of aromatic nitrogens is 4. The molecule has 2 aliphatic heterocycles. The molecule has 8 heteroatoms. The largest absolute Gasteiger partial charge is 0.355 e. The Bertz CT molecular complexity index is 780. The van der Waals surface area contributed by atoms with E-state index in [9.17, 15) is 9.18 Å². The Hall–Kier alpha value is -2.51. The van der Waals surface area contributed by atoms with Crippen molar-refractivity contribution in [2.24, 2.45) is 5.92 Å². The third kappa shape index (κ3) is 2.83. The third-order valence-corrected chi connectivity index (χ3v) is 4.73. The lowest BCUT2D eigenvalue weighted by Gasteiger charge is -2.35. The fourth-order valence-electron chi connectivity index (χ4n) is 3.39. The van der Waals surface area contributed by atoms with Crippen LogP contribution in [0, 0.1) is 5.92 Å². The summed E-state index contributed by atoms with van der Waals surface area (Å²) in [5.74, 6) is 0.726. The third-order valence-electron chi connectivity index (χ3n) is 4.73. The van der Waals surface area contributed by atoms with Gasteiger partial charge in [-0.15, -0.1) is 15.3 Å². The Labute approximate surface area is 138 Å². The summed E-state index contributed by atoms with van der Waals surface area (Å²) < 4.78 is 15.0. The fraction of sp³-hybridized carbons (Fsp3) is 0.500. The normalized spacial score (nSPS) is 19.6. The molecule has 0 atom stereocenters. The van der Waals surface area contributed by atoms with Gasteiger partial charge in [0.1, 0.15) is 18.0 Å². The van der Waals surface area contributed by atoms with Crippen LogP contribution in [0.2, 0.25) is 0 Å². The molecule has 0 aliphatic carbocycles. The van der Waals surface area contributed by atoms with Crippen LogP contribution in [-0.2, 0) is 4.79 Å². The van der Waals surface area contributed by atoms with Crippen molar-refractivity contribution in [2.75, 3.05) is 31.1 Å². The molecule has 7 nitrogen and oxygen atoms in total. The van der Waals surface area contributed by atoms with Gasteiger partial charge < -0.3 is 9.80 Å². The van der Waals surface area contributed by atoms with Gasteiger partial charge in [-0.05, 0) is 37.5 Å². The van der Waals surface area contributed by atoms with E-state index < -0.39 is 0 Å². The van der Waals surface area contributed by atoms with Crippen LogP contribution in [0.5, 0.6) is 0 Å². The van der Waals surface area contributed by atoms with E-state index in [1.54, 1.807) is 21.8 Å². The molecule has 24 heavy (non-hydrogen) atoms. The van der Waals surface area contributed by atoms with Crippen LogP contribution in [0.4, 0.5) is 10.2 Å². The van der Waals surface area contributed by atoms with Gasteiger partial charge in [-0.2, -0.15) is 4.52 Å². The Balaban J connectivity index is 1.39. The molecule has 1 saturated heterocycles. The molecule has 0 aromatic carbocycles. The first-order valence-electron chi connectivity index (χ1n) is 8.26. The van der Waals surface area contributed by atoms with Crippen LogP contribution in [-0.4, -0.2) is 56.8 Å². The maximum absolute atomic E-state index is 13.4. The first kappa shape index (κ1) is 15.0. The Morgan fingerprint density at radius 3 is 2.83 bits per heavy atom. The molecule has 0 unspecified atom stereocenters. The van der Waals surface area contributed by atoms with Gasteiger partial charge in [-0.1, -0.05) is 0 Å². The highest BCUT2D eigenvalue weighted by Gasteiger charge is 2.30. The van der Waals surface area contributed by atoms with E-state index in [1.807, 2.05) is 12.1 Å². The molecular formula is C16H19FN6O. The molecule has 1 amide bonds. The van der Waals surface area contributed by atoms with E-state index in [1.165, 1.54) is 0 Å². The second kappa shape index (κ2) is 6.18. The van der Waals surface area contributed by atoms with Crippen molar-refractivity contribution in [1.29, 1.82) is 0 Å². The summed E-state index contributed by atoms with van der Waals surface area (Å²) in [4.78, 5) is 16.4. The van der Waals surface area contributed by atoms with Crippen LogP contribution in [0.3, 0.4) is 0 Å². The first-order valence-corrected chi connectivity index (χ1v) is 8.26. The van der Waals surface area contributed by atoms with Crippen molar-refractivity contribution in [3.05, 3.63) is 30.4 Å². The van der Waals surface area contributed by atoms with E-state index in [-0.39, 0.29) is 24.2 Å². The molecule has 4 heterocycles. The molecule has 126 valence electrons. The molecule has 2 aliphatic rings. The van der Waals surface area contributed by atoms with Crippen molar-refractivity contribution >= 4 is 17.4 Å². The molecule has 0 N–H and O–H groups in total. The number of carbonyl (C=O) groups is 1. The van der Waals surface area contributed by atoms with E-state index in [2.05, 4.69) is 20.2 Å². The molecule has 1 fully saturated rings. The molecule has 0 spiro atoms. The predicted molar refractivity (Wildman–Crippen MR) is 86.1 cm³/mol. The lowest BCUT2D eigenvalue weighted by Crippen LogP contribution is -2.44. The highest BCUT2D eigenvalue weighted by molar-refractivity contribution is 5.79. The standard InChI is InChI=1S/C16H19FN6O/c17-13-2-1-7-22(10-13)16(24)12-5-8-21(9-6-12)15-4-3-14-19-18-11-23(14)20-15/h2-4,11-12H,1,5-10H2. The summed E-state index contributed by atoms with van der Waals surface area (Å²) in [6.07, 6.45) is 5.29. The van der Waals surface area contributed by atoms with Gasteiger partial charge in [0.2, 0.25) is 5.91 Å². The van der Waals surface area contributed by atoms with E-state index in [0.717, 1.165) is 31.7 Å². The quantitative estimate of drug-likeness (QED) is 0.833. The molecular weight excluding hydrogens is 311 g/mol. The van der Waals surface area contributed by atoms with Crippen molar-refractivity contribution in [2.45, 2.75) is 19.3 Å². The number of amides is 1. The first-order chi connectivity index (χ1) is 11.7. The monoisotopic (exact) mass is 330 g/mol. The zero-order valence-electron chi connectivity index (χ0n) is 13.3. The number of hydrogen-bond donors (Lipinski definition) is 0. The van der Waals surface area contributed by atoms with Crippen LogP contribution in [0.15, 0.2) is 30.4 Å². The lowest BCUT2D eigenvalue weighted by atomic mass is 9.94. The fourth-order valence-corrected chi connectivity index (χ4v) is 3.39. The second-order valence-corrected chi connectivity index (χ2v) is 6.29.